The molecule has 0 amide bonds. The first kappa shape index (κ1) is 15.2. The molecule has 6 nitrogen and oxygen atoms in total. The van der Waals surface area contributed by atoms with Crippen LogP contribution in [0, 0.1) is 12.3 Å². The SMILES string of the molecule is C#CCO[C@@H]1[C@@H]2OC(C)(C)O[C@H]2O[C@@H]1[C@H]1COC(C)(C)O1. The van der Waals surface area contributed by atoms with Crippen molar-refractivity contribution < 1.29 is 28.4 Å². The molecule has 5 atom stereocenters. The van der Waals surface area contributed by atoms with Crippen LogP contribution in [0.15, 0.2) is 0 Å². The van der Waals surface area contributed by atoms with Crippen LogP contribution in [-0.4, -0.2) is 55.5 Å². The number of rotatable bonds is 3. The topological polar surface area (TPSA) is 55.4 Å². The van der Waals surface area contributed by atoms with Crippen molar-refractivity contribution in [3.05, 3.63) is 0 Å². The van der Waals surface area contributed by atoms with Crippen LogP contribution in [0.1, 0.15) is 27.7 Å². The minimum Gasteiger partial charge on any atom is -0.360 e. The largest absolute Gasteiger partial charge is 0.360 e. The van der Waals surface area contributed by atoms with Gasteiger partial charge in [-0.15, -0.1) is 6.42 Å². The van der Waals surface area contributed by atoms with E-state index < -0.39 is 17.9 Å². The molecule has 0 aromatic rings. The van der Waals surface area contributed by atoms with Crippen LogP contribution >= 0.6 is 0 Å². The fraction of sp³-hybridized carbons (Fsp3) is 0.867. The van der Waals surface area contributed by atoms with Crippen molar-refractivity contribution in [1.82, 2.24) is 0 Å². The Morgan fingerprint density at radius 3 is 2.48 bits per heavy atom. The zero-order valence-corrected chi connectivity index (χ0v) is 12.8. The summed E-state index contributed by atoms with van der Waals surface area (Å²) in [6.07, 6.45) is 3.61. The van der Waals surface area contributed by atoms with Crippen LogP contribution in [0.3, 0.4) is 0 Å². The Morgan fingerprint density at radius 2 is 1.86 bits per heavy atom. The molecule has 0 spiro atoms. The fourth-order valence-electron chi connectivity index (χ4n) is 3.01. The number of hydrogen-bond acceptors (Lipinski definition) is 6. The third kappa shape index (κ3) is 2.95. The lowest BCUT2D eigenvalue weighted by atomic mass is 10.1. The number of ether oxygens (including phenoxy) is 6. The summed E-state index contributed by atoms with van der Waals surface area (Å²) in [6, 6.07) is 0. The Bertz CT molecular complexity index is 440. The first-order valence-corrected chi connectivity index (χ1v) is 7.19. The van der Waals surface area contributed by atoms with Gasteiger partial charge in [0.1, 0.15) is 31.0 Å². The molecule has 0 bridgehead atoms. The minimum atomic E-state index is -0.690. The van der Waals surface area contributed by atoms with Gasteiger partial charge >= 0.3 is 0 Å². The summed E-state index contributed by atoms with van der Waals surface area (Å²) in [5, 5.41) is 0. The van der Waals surface area contributed by atoms with E-state index in [4.69, 9.17) is 34.8 Å². The first-order valence-electron chi connectivity index (χ1n) is 7.19. The molecule has 3 aliphatic rings. The number of hydrogen-bond donors (Lipinski definition) is 0. The van der Waals surface area contributed by atoms with Crippen molar-refractivity contribution in [2.45, 2.75) is 70.0 Å². The molecule has 3 fully saturated rings. The average Bonchev–Trinajstić information content (AvgIpc) is 2.96. The molecule has 0 N–H and O–H groups in total. The lowest BCUT2D eigenvalue weighted by Crippen LogP contribution is -2.44. The monoisotopic (exact) mass is 298 g/mol. The van der Waals surface area contributed by atoms with Crippen molar-refractivity contribution in [2.24, 2.45) is 0 Å². The zero-order valence-electron chi connectivity index (χ0n) is 12.8. The van der Waals surface area contributed by atoms with Crippen LogP contribution in [0.2, 0.25) is 0 Å². The van der Waals surface area contributed by atoms with Crippen LogP contribution in [0.5, 0.6) is 0 Å². The van der Waals surface area contributed by atoms with Gasteiger partial charge in [-0.3, -0.25) is 0 Å². The van der Waals surface area contributed by atoms with Gasteiger partial charge < -0.3 is 28.4 Å². The summed E-state index contributed by atoms with van der Waals surface area (Å²) in [7, 11) is 0. The van der Waals surface area contributed by atoms with Crippen molar-refractivity contribution in [1.29, 1.82) is 0 Å². The molecule has 3 rings (SSSR count). The van der Waals surface area contributed by atoms with E-state index in [1.165, 1.54) is 0 Å². The second-order valence-corrected chi connectivity index (χ2v) is 6.42. The Morgan fingerprint density at radius 1 is 1.10 bits per heavy atom. The van der Waals surface area contributed by atoms with Crippen molar-refractivity contribution >= 4 is 0 Å². The predicted molar refractivity (Wildman–Crippen MR) is 72.2 cm³/mol. The summed E-state index contributed by atoms with van der Waals surface area (Å²) in [5.74, 6) is 1.16. The van der Waals surface area contributed by atoms with E-state index in [9.17, 15) is 0 Å². The molecule has 0 aliphatic carbocycles. The molecule has 0 aromatic heterocycles. The summed E-state index contributed by atoms with van der Waals surface area (Å²) in [6.45, 7) is 8.07. The van der Waals surface area contributed by atoms with Crippen LogP contribution in [-0.2, 0) is 28.4 Å². The van der Waals surface area contributed by atoms with E-state index in [1.807, 2.05) is 27.7 Å². The van der Waals surface area contributed by atoms with E-state index in [0.29, 0.717) is 6.61 Å². The average molecular weight is 298 g/mol. The Hall–Kier alpha value is -0.680. The van der Waals surface area contributed by atoms with Gasteiger partial charge in [-0.2, -0.15) is 0 Å². The van der Waals surface area contributed by atoms with Crippen molar-refractivity contribution in [3.63, 3.8) is 0 Å². The smallest absolute Gasteiger partial charge is 0.190 e. The van der Waals surface area contributed by atoms with Gasteiger partial charge in [0.25, 0.3) is 0 Å². The van der Waals surface area contributed by atoms with E-state index in [-0.39, 0.29) is 31.0 Å². The normalized spacial score (nSPS) is 43.7. The zero-order chi connectivity index (χ0) is 15.3. The molecule has 0 aromatic carbocycles. The molecule has 3 aliphatic heterocycles. The first-order chi connectivity index (χ1) is 9.81. The highest BCUT2D eigenvalue weighted by Gasteiger charge is 2.58. The summed E-state index contributed by atoms with van der Waals surface area (Å²) < 4.78 is 34.8. The van der Waals surface area contributed by atoms with Gasteiger partial charge in [-0.25, -0.2) is 0 Å². The van der Waals surface area contributed by atoms with E-state index >= 15 is 0 Å². The summed E-state index contributed by atoms with van der Waals surface area (Å²) in [4.78, 5) is 0. The van der Waals surface area contributed by atoms with Gasteiger partial charge in [-0.05, 0) is 27.7 Å². The van der Waals surface area contributed by atoms with E-state index in [1.54, 1.807) is 0 Å². The lowest BCUT2D eigenvalue weighted by molar-refractivity contribution is -0.235. The van der Waals surface area contributed by atoms with Gasteiger partial charge in [0.05, 0.1) is 6.61 Å². The van der Waals surface area contributed by atoms with Crippen molar-refractivity contribution in [3.8, 4) is 12.3 Å². The second-order valence-electron chi connectivity index (χ2n) is 6.42. The highest BCUT2D eigenvalue weighted by molar-refractivity contribution is 4.99. The number of fused-ring (bicyclic) bond motifs is 1. The maximum atomic E-state index is 5.96. The molecule has 21 heavy (non-hydrogen) atoms. The van der Waals surface area contributed by atoms with Gasteiger partial charge in [-0.1, -0.05) is 5.92 Å². The van der Waals surface area contributed by atoms with Crippen molar-refractivity contribution in [2.75, 3.05) is 13.2 Å². The lowest BCUT2D eigenvalue weighted by Gasteiger charge is -2.28. The molecule has 0 radical (unpaired) electrons. The molecule has 3 saturated heterocycles. The quantitative estimate of drug-likeness (QED) is 0.726. The molecule has 0 unspecified atom stereocenters. The maximum absolute atomic E-state index is 5.96. The Kier molecular flexibility index (Phi) is 3.77. The predicted octanol–water partition coefficient (Wildman–Crippen LogP) is 1.03. The van der Waals surface area contributed by atoms with Gasteiger partial charge in [0, 0.05) is 0 Å². The molecular weight excluding hydrogens is 276 g/mol. The molecule has 3 heterocycles. The van der Waals surface area contributed by atoms with E-state index in [0.717, 1.165) is 0 Å². The molecular formula is C15H22O6. The summed E-state index contributed by atoms with van der Waals surface area (Å²) >= 11 is 0. The highest BCUT2D eigenvalue weighted by Crippen LogP contribution is 2.41. The molecule has 0 saturated carbocycles. The third-order valence-electron chi connectivity index (χ3n) is 3.78. The molecule has 118 valence electrons. The van der Waals surface area contributed by atoms with E-state index in [2.05, 4.69) is 5.92 Å². The Labute approximate surface area is 125 Å². The van der Waals surface area contributed by atoms with Gasteiger partial charge in [0.15, 0.2) is 17.9 Å². The maximum Gasteiger partial charge on any atom is 0.190 e. The minimum absolute atomic E-state index is 0.189. The van der Waals surface area contributed by atoms with Gasteiger partial charge in [0.2, 0.25) is 0 Å². The second kappa shape index (κ2) is 5.20. The van der Waals surface area contributed by atoms with Crippen LogP contribution < -0.4 is 0 Å². The standard InChI is InChI=1S/C15H22O6/c1-6-7-16-11-10(9-8-17-14(2,3)19-9)18-13-12(11)20-15(4,5)21-13/h1,9-13H,7-8H2,2-5H3/t9-,10-,11+,12+,13-/m1/s1. The van der Waals surface area contributed by atoms with Crippen LogP contribution in [0.25, 0.3) is 0 Å². The number of terminal acetylenes is 1. The molecule has 6 heteroatoms. The highest BCUT2D eigenvalue weighted by atomic mass is 16.8. The third-order valence-corrected chi connectivity index (χ3v) is 3.78. The summed E-state index contributed by atoms with van der Waals surface area (Å²) in [5.41, 5.74) is 0. The van der Waals surface area contributed by atoms with Crippen LogP contribution in [0.4, 0.5) is 0 Å². The Balaban J connectivity index is 1.74. The fourth-order valence-corrected chi connectivity index (χ4v) is 3.01.